The van der Waals surface area contributed by atoms with Crippen LogP contribution in [-0.2, 0) is 4.79 Å². The van der Waals surface area contributed by atoms with E-state index in [1.807, 2.05) is 0 Å². The lowest BCUT2D eigenvalue weighted by molar-refractivity contribution is -0.122. The highest BCUT2D eigenvalue weighted by Crippen LogP contribution is 2.08. The summed E-state index contributed by atoms with van der Waals surface area (Å²) in [6.07, 6.45) is 4.57. The second-order valence-electron chi connectivity index (χ2n) is 4.90. The average molecular weight is 227 g/mol. The number of piperidine rings is 1. The summed E-state index contributed by atoms with van der Waals surface area (Å²) in [5, 5.41) is 3.08. The van der Waals surface area contributed by atoms with Gasteiger partial charge in [-0.1, -0.05) is 13.3 Å². The maximum Gasteiger partial charge on any atom is 0.221 e. The number of carbonyl (C=O) groups excluding carboxylic acids is 1. The monoisotopic (exact) mass is 227 g/mol. The Morgan fingerprint density at radius 1 is 1.50 bits per heavy atom. The van der Waals surface area contributed by atoms with Crippen molar-refractivity contribution in [3.63, 3.8) is 0 Å². The van der Waals surface area contributed by atoms with E-state index in [2.05, 4.69) is 24.2 Å². The van der Waals surface area contributed by atoms with Crippen LogP contribution in [0.25, 0.3) is 0 Å². The Morgan fingerprint density at radius 3 is 2.69 bits per heavy atom. The maximum absolute atomic E-state index is 11.7. The van der Waals surface area contributed by atoms with Crippen LogP contribution in [0.1, 0.15) is 39.0 Å². The molecule has 3 N–H and O–H groups in total. The SMILES string of the molecule is CCCC(N)CC(=O)NC1CCN(C)CC1. The Hall–Kier alpha value is -0.610. The molecule has 1 fully saturated rings. The molecule has 0 spiro atoms. The molecule has 1 atom stereocenters. The van der Waals surface area contributed by atoms with Crippen molar-refractivity contribution >= 4 is 5.91 Å². The number of hydrogen-bond donors (Lipinski definition) is 2. The van der Waals surface area contributed by atoms with E-state index in [9.17, 15) is 4.79 Å². The lowest BCUT2D eigenvalue weighted by Crippen LogP contribution is -2.44. The molecule has 0 aromatic carbocycles. The summed E-state index contributed by atoms with van der Waals surface area (Å²) in [4.78, 5) is 14.0. The topological polar surface area (TPSA) is 58.4 Å². The van der Waals surface area contributed by atoms with Gasteiger partial charge in [0.05, 0.1) is 0 Å². The normalized spacial score (nSPS) is 20.7. The zero-order valence-electron chi connectivity index (χ0n) is 10.5. The van der Waals surface area contributed by atoms with E-state index in [-0.39, 0.29) is 11.9 Å². The molecule has 4 nitrogen and oxygen atoms in total. The van der Waals surface area contributed by atoms with Crippen molar-refractivity contribution in [2.75, 3.05) is 20.1 Å². The Morgan fingerprint density at radius 2 is 2.12 bits per heavy atom. The number of carbonyl (C=O) groups is 1. The molecule has 1 aliphatic heterocycles. The van der Waals surface area contributed by atoms with Crippen LogP contribution in [0.5, 0.6) is 0 Å². The number of likely N-dealkylation sites (tertiary alicyclic amines) is 1. The van der Waals surface area contributed by atoms with Gasteiger partial charge >= 0.3 is 0 Å². The number of nitrogens with zero attached hydrogens (tertiary/aromatic N) is 1. The minimum Gasteiger partial charge on any atom is -0.353 e. The zero-order valence-corrected chi connectivity index (χ0v) is 10.5. The molecule has 0 aromatic rings. The third-order valence-corrected chi connectivity index (χ3v) is 3.19. The number of rotatable bonds is 5. The fraction of sp³-hybridized carbons (Fsp3) is 0.917. The quantitative estimate of drug-likeness (QED) is 0.727. The molecule has 4 heteroatoms. The van der Waals surface area contributed by atoms with Gasteiger partial charge < -0.3 is 16.0 Å². The summed E-state index contributed by atoms with van der Waals surface area (Å²) < 4.78 is 0. The van der Waals surface area contributed by atoms with Crippen LogP contribution in [0.2, 0.25) is 0 Å². The van der Waals surface area contributed by atoms with Gasteiger partial charge in [-0.3, -0.25) is 4.79 Å². The number of amides is 1. The van der Waals surface area contributed by atoms with Gasteiger partial charge in [0.1, 0.15) is 0 Å². The Balaban J connectivity index is 2.18. The largest absolute Gasteiger partial charge is 0.353 e. The van der Waals surface area contributed by atoms with Crippen LogP contribution < -0.4 is 11.1 Å². The molecule has 1 rings (SSSR count). The Kier molecular flexibility index (Phi) is 5.77. The van der Waals surface area contributed by atoms with Gasteiger partial charge in [-0.25, -0.2) is 0 Å². The first-order valence-corrected chi connectivity index (χ1v) is 6.35. The highest BCUT2D eigenvalue weighted by atomic mass is 16.1. The van der Waals surface area contributed by atoms with Crippen molar-refractivity contribution < 1.29 is 4.79 Å². The molecule has 1 aliphatic rings. The van der Waals surface area contributed by atoms with Crippen molar-refractivity contribution in [3.05, 3.63) is 0 Å². The third kappa shape index (κ3) is 4.94. The van der Waals surface area contributed by atoms with Gasteiger partial charge in [0.15, 0.2) is 0 Å². The molecular weight excluding hydrogens is 202 g/mol. The first-order chi connectivity index (χ1) is 7.61. The van der Waals surface area contributed by atoms with Crippen molar-refractivity contribution in [2.45, 2.75) is 51.1 Å². The smallest absolute Gasteiger partial charge is 0.221 e. The minimum atomic E-state index is 0.0243. The van der Waals surface area contributed by atoms with Crippen LogP contribution in [0, 0.1) is 0 Å². The molecular formula is C12H25N3O. The standard InChI is InChI=1S/C12H25N3O/c1-3-4-10(13)9-12(16)14-11-5-7-15(2)8-6-11/h10-11H,3-9,13H2,1-2H3,(H,14,16). The molecule has 1 amide bonds. The summed E-state index contributed by atoms with van der Waals surface area (Å²) in [7, 11) is 2.12. The molecule has 1 unspecified atom stereocenters. The molecule has 16 heavy (non-hydrogen) atoms. The van der Waals surface area contributed by atoms with Gasteiger partial charge in [-0.15, -0.1) is 0 Å². The molecule has 0 aromatic heterocycles. The van der Waals surface area contributed by atoms with E-state index in [4.69, 9.17) is 5.73 Å². The van der Waals surface area contributed by atoms with Gasteiger partial charge in [0.2, 0.25) is 5.91 Å². The Bertz CT molecular complexity index is 212. The lowest BCUT2D eigenvalue weighted by Gasteiger charge is -2.29. The van der Waals surface area contributed by atoms with Crippen LogP contribution in [0.4, 0.5) is 0 Å². The predicted octanol–water partition coefficient (Wildman–Crippen LogP) is 0.714. The number of nitrogens with two attached hydrogens (primary N) is 1. The van der Waals surface area contributed by atoms with Gasteiger partial charge in [0.25, 0.3) is 0 Å². The van der Waals surface area contributed by atoms with Crippen LogP contribution in [0.3, 0.4) is 0 Å². The van der Waals surface area contributed by atoms with Crippen molar-refractivity contribution in [1.82, 2.24) is 10.2 Å². The van der Waals surface area contributed by atoms with Crippen LogP contribution in [-0.4, -0.2) is 43.0 Å². The summed E-state index contributed by atoms with van der Waals surface area (Å²) in [5.41, 5.74) is 5.84. The van der Waals surface area contributed by atoms with E-state index >= 15 is 0 Å². The second kappa shape index (κ2) is 6.86. The van der Waals surface area contributed by atoms with Crippen LogP contribution >= 0.6 is 0 Å². The third-order valence-electron chi connectivity index (χ3n) is 3.19. The summed E-state index contributed by atoms with van der Waals surface area (Å²) >= 11 is 0. The van der Waals surface area contributed by atoms with Crippen molar-refractivity contribution in [3.8, 4) is 0 Å². The highest BCUT2D eigenvalue weighted by molar-refractivity contribution is 5.76. The van der Waals surface area contributed by atoms with Crippen molar-refractivity contribution in [1.29, 1.82) is 0 Å². The minimum absolute atomic E-state index is 0.0243. The van der Waals surface area contributed by atoms with Gasteiger partial charge in [0, 0.05) is 18.5 Å². The second-order valence-corrected chi connectivity index (χ2v) is 4.90. The fourth-order valence-corrected chi connectivity index (χ4v) is 2.15. The van der Waals surface area contributed by atoms with Crippen LogP contribution in [0.15, 0.2) is 0 Å². The molecule has 94 valence electrons. The molecule has 0 aliphatic carbocycles. The summed E-state index contributed by atoms with van der Waals surface area (Å²) in [5.74, 6) is 0.121. The first-order valence-electron chi connectivity index (χ1n) is 6.35. The molecule has 0 saturated carbocycles. The molecule has 0 radical (unpaired) electrons. The molecule has 1 saturated heterocycles. The van der Waals surface area contributed by atoms with E-state index in [1.54, 1.807) is 0 Å². The Labute approximate surface area is 98.6 Å². The highest BCUT2D eigenvalue weighted by Gasteiger charge is 2.19. The first kappa shape index (κ1) is 13.5. The molecule has 0 bridgehead atoms. The van der Waals surface area contributed by atoms with E-state index in [1.165, 1.54) is 0 Å². The lowest BCUT2D eigenvalue weighted by atomic mass is 10.0. The predicted molar refractivity (Wildman–Crippen MR) is 66.2 cm³/mol. The number of hydrogen-bond acceptors (Lipinski definition) is 3. The maximum atomic E-state index is 11.7. The zero-order chi connectivity index (χ0) is 12.0. The summed E-state index contributed by atoms with van der Waals surface area (Å²) in [6.45, 7) is 4.24. The van der Waals surface area contributed by atoms with E-state index in [0.29, 0.717) is 12.5 Å². The van der Waals surface area contributed by atoms with Crippen molar-refractivity contribution in [2.24, 2.45) is 5.73 Å². The number of nitrogens with one attached hydrogen (secondary N) is 1. The van der Waals surface area contributed by atoms with E-state index < -0.39 is 0 Å². The summed E-state index contributed by atoms with van der Waals surface area (Å²) in [6, 6.07) is 0.383. The average Bonchev–Trinajstić information content (AvgIpc) is 2.21. The fourth-order valence-electron chi connectivity index (χ4n) is 2.15. The molecule has 1 heterocycles. The van der Waals surface area contributed by atoms with Gasteiger partial charge in [-0.05, 0) is 39.4 Å². The van der Waals surface area contributed by atoms with E-state index in [0.717, 1.165) is 38.8 Å². The van der Waals surface area contributed by atoms with Gasteiger partial charge in [-0.2, -0.15) is 0 Å².